The van der Waals surface area contributed by atoms with Crippen molar-refractivity contribution in [1.82, 2.24) is 9.13 Å². The highest BCUT2D eigenvalue weighted by Gasteiger charge is 2.20. The molecule has 0 aliphatic rings. The van der Waals surface area contributed by atoms with Crippen LogP contribution in [-0.4, -0.2) is 9.13 Å². The molecule has 0 bridgehead atoms. The fraction of sp³-hybridized carbons (Fsp3) is 0. The summed E-state index contributed by atoms with van der Waals surface area (Å²) in [5.41, 5.74) is 12.8. The van der Waals surface area contributed by atoms with Gasteiger partial charge in [0.2, 0.25) is 0 Å². The van der Waals surface area contributed by atoms with Crippen LogP contribution < -0.4 is 4.90 Å². The molecule has 0 aliphatic heterocycles. The van der Waals surface area contributed by atoms with Crippen LogP contribution in [0.1, 0.15) is 0 Å². The Morgan fingerprint density at radius 3 is 1.14 bits per heavy atom. The minimum Gasteiger partial charge on any atom is -0.310 e. The third-order valence-electron chi connectivity index (χ3n) is 10.1. The molecule has 0 saturated heterocycles. The third kappa shape index (κ3) is 4.82. The fourth-order valence-electron chi connectivity index (χ4n) is 7.79. The Morgan fingerprint density at radius 1 is 0.275 bits per heavy atom. The average Bonchev–Trinajstić information content (AvgIpc) is 3.72. The molecule has 0 aliphatic carbocycles. The third-order valence-corrected chi connectivity index (χ3v) is 10.1. The van der Waals surface area contributed by atoms with Gasteiger partial charge in [0.1, 0.15) is 0 Å². The van der Waals surface area contributed by atoms with Crippen molar-refractivity contribution in [3.63, 3.8) is 0 Å². The summed E-state index contributed by atoms with van der Waals surface area (Å²) in [7, 11) is 0. The molecular weight excluding hydrogens is 619 g/mol. The van der Waals surface area contributed by atoms with E-state index in [1.54, 1.807) is 0 Å². The van der Waals surface area contributed by atoms with E-state index in [0.29, 0.717) is 0 Å². The van der Waals surface area contributed by atoms with Gasteiger partial charge in [0.25, 0.3) is 0 Å². The molecule has 2 heterocycles. The number of rotatable bonds is 6. The predicted octanol–water partition coefficient (Wildman–Crippen LogP) is 13.0. The molecular formula is C48H33N3. The number of fused-ring (bicyclic) bond motifs is 6. The van der Waals surface area contributed by atoms with Crippen LogP contribution in [0.4, 0.5) is 17.1 Å². The van der Waals surface area contributed by atoms with E-state index < -0.39 is 0 Å². The molecule has 0 N–H and O–H groups in total. The summed E-state index contributed by atoms with van der Waals surface area (Å²) >= 11 is 0. The van der Waals surface area contributed by atoms with E-state index in [-0.39, 0.29) is 0 Å². The second kappa shape index (κ2) is 11.9. The van der Waals surface area contributed by atoms with Gasteiger partial charge in [-0.1, -0.05) is 115 Å². The van der Waals surface area contributed by atoms with Crippen molar-refractivity contribution < 1.29 is 0 Å². The predicted molar refractivity (Wildman–Crippen MR) is 215 cm³/mol. The first-order valence-electron chi connectivity index (χ1n) is 17.4. The minimum absolute atomic E-state index is 1.10. The van der Waals surface area contributed by atoms with Crippen molar-refractivity contribution in [2.24, 2.45) is 0 Å². The average molecular weight is 652 g/mol. The van der Waals surface area contributed by atoms with Gasteiger partial charge < -0.3 is 14.0 Å². The first-order chi connectivity index (χ1) is 25.3. The smallest absolute Gasteiger partial charge is 0.0542 e. The Morgan fingerprint density at radius 2 is 0.647 bits per heavy atom. The zero-order valence-electron chi connectivity index (χ0n) is 27.9. The van der Waals surface area contributed by atoms with Crippen molar-refractivity contribution in [2.75, 3.05) is 4.90 Å². The summed E-state index contributed by atoms with van der Waals surface area (Å²) in [5, 5.41) is 4.91. The lowest BCUT2D eigenvalue weighted by Crippen LogP contribution is -2.10. The number of aromatic nitrogens is 2. The molecule has 51 heavy (non-hydrogen) atoms. The molecule has 240 valence electrons. The van der Waals surface area contributed by atoms with E-state index in [1.165, 1.54) is 54.7 Å². The molecule has 0 amide bonds. The summed E-state index contributed by atoms with van der Waals surface area (Å²) in [6, 6.07) is 72.1. The lowest BCUT2D eigenvalue weighted by Gasteiger charge is -2.26. The highest BCUT2D eigenvalue weighted by molar-refractivity contribution is 6.12. The Kier molecular flexibility index (Phi) is 6.81. The van der Waals surface area contributed by atoms with E-state index >= 15 is 0 Å². The van der Waals surface area contributed by atoms with Crippen LogP contribution >= 0.6 is 0 Å². The summed E-state index contributed by atoms with van der Waals surface area (Å²) < 4.78 is 4.75. The first-order valence-corrected chi connectivity index (χ1v) is 17.4. The molecule has 8 aromatic carbocycles. The number of hydrogen-bond donors (Lipinski definition) is 0. The summed E-state index contributed by atoms with van der Waals surface area (Å²) in [4.78, 5) is 2.40. The van der Waals surface area contributed by atoms with Crippen LogP contribution in [0.5, 0.6) is 0 Å². The van der Waals surface area contributed by atoms with Gasteiger partial charge >= 0.3 is 0 Å². The van der Waals surface area contributed by atoms with E-state index in [1.807, 2.05) is 0 Å². The van der Waals surface area contributed by atoms with E-state index in [4.69, 9.17) is 0 Å². The highest BCUT2D eigenvalue weighted by atomic mass is 15.1. The molecule has 0 atom stereocenters. The van der Waals surface area contributed by atoms with Crippen LogP contribution in [0.3, 0.4) is 0 Å². The summed E-state index contributed by atoms with van der Waals surface area (Å²) in [6.07, 6.45) is 0. The van der Waals surface area contributed by atoms with E-state index in [2.05, 4.69) is 214 Å². The lowest BCUT2D eigenvalue weighted by molar-refractivity contribution is 1.18. The Bertz CT molecular complexity index is 2670. The quantitative estimate of drug-likeness (QED) is 0.174. The highest BCUT2D eigenvalue weighted by Crippen LogP contribution is 2.42. The lowest BCUT2D eigenvalue weighted by atomic mass is 10.0. The normalized spacial score (nSPS) is 11.5. The first kappa shape index (κ1) is 29.1. The Labute approximate surface area is 296 Å². The van der Waals surface area contributed by atoms with Gasteiger partial charge in [0, 0.05) is 50.0 Å². The monoisotopic (exact) mass is 651 g/mol. The van der Waals surface area contributed by atoms with Gasteiger partial charge in [-0.05, 0) is 96.1 Å². The van der Waals surface area contributed by atoms with Gasteiger partial charge in [-0.3, -0.25) is 0 Å². The van der Waals surface area contributed by atoms with Crippen molar-refractivity contribution in [3.05, 3.63) is 200 Å². The SMILES string of the molecule is c1ccc(-c2ccc(N(c3ccc4c(c3)c3ccccc3n4-c3ccccc3)c3ccc4c(c3)c3ccccc3n4-c3ccccc3)cc2)cc1. The summed E-state index contributed by atoms with van der Waals surface area (Å²) in [6.45, 7) is 0. The van der Waals surface area contributed by atoms with Crippen molar-refractivity contribution in [1.29, 1.82) is 0 Å². The number of hydrogen-bond acceptors (Lipinski definition) is 1. The molecule has 3 nitrogen and oxygen atoms in total. The van der Waals surface area contributed by atoms with Crippen LogP contribution in [0.25, 0.3) is 66.1 Å². The number of benzene rings is 8. The van der Waals surface area contributed by atoms with Crippen LogP contribution in [0, 0.1) is 0 Å². The molecule has 0 spiro atoms. The van der Waals surface area contributed by atoms with Crippen LogP contribution in [0.2, 0.25) is 0 Å². The number of para-hydroxylation sites is 4. The number of anilines is 3. The molecule has 0 fully saturated rings. The largest absolute Gasteiger partial charge is 0.310 e. The topological polar surface area (TPSA) is 13.1 Å². The molecule has 0 saturated carbocycles. The van der Waals surface area contributed by atoms with E-state index in [9.17, 15) is 0 Å². The van der Waals surface area contributed by atoms with Crippen LogP contribution in [-0.2, 0) is 0 Å². The van der Waals surface area contributed by atoms with Gasteiger partial charge in [-0.2, -0.15) is 0 Å². The van der Waals surface area contributed by atoms with E-state index in [0.717, 1.165) is 28.4 Å². The molecule has 0 radical (unpaired) electrons. The minimum atomic E-state index is 1.10. The van der Waals surface area contributed by atoms with Gasteiger partial charge in [-0.15, -0.1) is 0 Å². The van der Waals surface area contributed by atoms with Crippen molar-refractivity contribution >= 4 is 60.7 Å². The van der Waals surface area contributed by atoms with Gasteiger partial charge in [-0.25, -0.2) is 0 Å². The number of nitrogens with zero attached hydrogens (tertiary/aromatic N) is 3. The maximum Gasteiger partial charge on any atom is 0.0542 e. The molecule has 10 rings (SSSR count). The molecule has 10 aromatic rings. The maximum absolute atomic E-state index is 2.40. The molecule has 2 aromatic heterocycles. The standard InChI is InChI=1S/C48H33N3/c1-4-14-34(15-5-1)35-24-26-38(27-25-35)49(39-28-30-47-43(32-39)41-20-10-12-22-45(41)50(47)36-16-6-2-7-17-36)40-29-31-48-44(33-40)42-21-11-13-23-46(42)51(48)37-18-8-3-9-19-37/h1-33H. The Hall–Kier alpha value is -6.84. The summed E-state index contributed by atoms with van der Waals surface area (Å²) in [5.74, 6) is 0. The fourth-order valence-corrected chi connectivity index (χ4v) is 7.79. The van der Waals surface area contributed by atoms with Crippen molar-refractivity contribution in [2.45, 2.75) is 0 Å². The molecule has 0 unspecified atom stereocenters. The zero-order chi connectivity index (χ0) is 33.7. The second-order valence-corrected chi connectivity index (χ2v) is 13.0. The van der Waals surface area contributed by atoms with Crippen molar-refractivity contribution in [3.8, 4) is 22.5 Å². The van der Waals surface area contributed by atoms with Crippen LogP contribution in [0.15, 0.2) is 200 Å². The van der Waals surface area contributed by atoms with Gasteiger partial charge in [0.15, 0.2) is 0 Å². The second-order valence-electron chi connectivity index (χ2n) is 13.0. The molecule has 3 heteroatoms. The Balaban J connectivity index is 1.20. The van der Waals surface area contributed by atoms with Gasteiger partial charge in [0.05, 0.1) is 22.1 Å². The maximum atomic E-state index is 2.40. The zero-order valence-corrected chi connectivity index (χ0v) is 27.9.